The van der Waals surface area contributed by atoms with Crippen LogP contribution in [0.4, 0.5) is 0 Å². The number of carbonyl (C=O) groups excluding carboxylic acids is 1. The van der Waals surface area contributed by atoms with Gasteiger partial charge in [-0.2, -0.15) is 0 Å². The molecule has 1 rings (SSSR count). The number of hydrogen-bond acceptors (Lipinski definition) is 4. The predicted octanol–water partition coefficient (Wildman–Crippen LogP) is 0.801. The maximum Gasteiger partial charge on any atom is 0.242 e. The molecule has 108 valence electrons. The standard InChI is InChI=1S/C12H24N2O3.ClH/c1-3-14(7-10-16-4-2)11(15)12(13)5-8-17-9-6-12;/h3-10,13H2,1-2H3;1H. The van der Waals surface area contributed by atoms with Gasteiger partial charge in [0.2, 0.25) is 5.91 Å². The van der Waals surface area contributed by atoms with E-state index in [4.69, 9.17) is 15.2 Å². The van der Waals surface area contributed by atoms with Crippen molar-refractivity contribution in [3.05, 3.63) is 0 Å². The smallest absolute Gasteiger partial charge is 0.242 e. The molecule has 0 radical (unpaired) electrons. The lowest BCUT2D eigenvalue weighted by atomic mass is 9.89. The zero-order valence-electron chi connectivity index (χ0n) is 11.3. The summed E-state index contributed by atoms with van der Waals surface area (Å²) < 4.78 is 10.5. The quantitative estimate of drug-likeness (QED) is 0.731. The minimum absolute atomic E-state index is 0. The van der Waals surface area contributed by atoms with Crippen LogP contribution in [-0.4, -0.2) is 55.9 Å². The number of rotatable bonds is 6. The molecule has 0 bridgehead atoms. The highest BCUT2D eigenvalue weighted by Gasteiger charge is 2.38. The van der Waals surface area contributed by atoms with Gasteiger partial charge in [0.05, 0.1) is 12.1 Å². The van der Waals surface area contributed by atoms with Gasteiger partial charge in [0.1, 0.15) is 0 Å². The molecular weight excluding hydrogens is 256 g/mol. The van der Waals surface area contributed by atoms with Crippen LogP contribution in [0.3, 0.4) is 0 Å². The zero-order valence-corrected chi connectivity index (χ0v) is 12.1. The average Bonchev–Trinajstić information content (AvgIpc) is 2.35. The summed E-state index contributed by atoms with van der Waals surface area (Å²) in [6.45, 7) is 7.59. The van der Waals surface area contributed by atoms with E-state index in [9.17, 15) is 4.79 Å². The van der Waals surface area contributed by atoms with Crippen molar-refractivity contribution in [3.8, 4) is 0 Å². The van der Waals surface area contributed by atoms with Crippen LogP contribution in [0.25, 0.3) is 0 Å². The topological polar surface area (TPSA) is 64.8 Å². The van der Waals surface area contributed by atoms with Gasteiger partial charge in [-0.1, -0.05) is 0 Å². The minimum Gasteiger partial charge on any atom is -0.381 e. The highest BCUT2D eigenvalue weighted by molar-refractivity contribution is 5.86. The Balaban J connectivity index is 0.00000289. The number of hydrogen-bond donors (Lipinski definition) is 1. The molecule has 1 aliphatic rings. The van der Waals surface area contributed by atoms with E-state index in [0.29, 0.717) is 52.4 Å². The molecule has 0 spiro atoms. The largest absolute Gasteiger partial charge is 0.381 e. The lowest BCUT2D eigenvalue weighted by molar-refractivity contribution is -0.141. The summed E-state index contributed by atoms with van der Waals surface area (Å²) in [5.41, 5.74) is 5.44. The number of ether oxygens (including phenoxy) is 2. The van der Waals surface area contributed by atoms with Gasteiger partial charge < -0.3 is 20.1 Å². The van der Waals surface area contributed by atoms with Crippen molar-refractivity contribution in [2.45, 2.75) is 32.2 Å². The van der Waals surface area contributed by atoms with E-state index in [-0.39, 0.29) is 18.3 Å². The molecule has 1 amide bonds. The summed E-state index contributed by atoms with van der Waals surface area (Å²) in [7, 11) is 0. The summed E-state index contributed by atoms with van der Waals surface area (Å²) in [4.78, 5) is 14.1. The van der Waals surface area contributed by atoms with Gasteiger partial charge >= 0.3 is 0 Å². The summed E-state index contributed by atoms with van der Waals surface area (Å²) in [5.74, 6) is 0.0306. The molecule has 0 aromatic heterocycles. The van der Waals surface area contributed by atoms with E-state index in [1.165, 1.54) is 0 Å². The van der Waals surface area contributed by atoms with Crippen molar-refractivity contribution >= 4 is 18.3 Å². The van der Waals surface area contributed by atoms with E-state index < -0.39 is 5.54 Å². The summed E-state index contributed by atoms with van der Waals surface area (Å²) >= 11 is 0. The fourth-order valence-corrected chi connectivity index (χ4v) is 1.99. The van der Waals surface area contributed by atoms with Crippen LogP contribution in [-0.2, 0) is 14.3 Å². The molecule has 1 fully saturated rings. The van der Waals surface area contributed by atoms with E-state index in [0.717, 1.165) is 0 Å². The van der Waals surface area contributed by atoms with Gasteiger partial charge in [-0.15, -0.1) is 12.4 Å². The van der Waals surface area contributed by atoms with Crippen LogP contribution < -0.4 is 5.73 Å². The molecule has 1 heterocycles. The zero-order chi connectivity index (χ0) is 12.7. The van der Waals surface area contributed by atoms with Gasteiger partial charge in [-0.05, 0) is 26.7 Å². The molecule has 2 N–H and O–H groups in total. The number of amides is 1. The third-order valence-corrected chi connectivity index (χ3v) is 3.19. The summed E-state index contributed by atoms with van der Waals surface area (Å²) in [5, 5.41) is 0. The Kier molecular flexibility index (Phi) is 8.52. The van der Waals surface area contributed by atoms with E-state index in [2.05, 4.69) is 0 Å². The molecule has 5 nitrogen and oxygen atoms in total. The minimum atomic E-state index is -0.736. The molecule has 6 heteroatoms. The molecule has 0 atom stereocenters. The first kappa shape index (κ1) is 17.6. The number of carbonyl (C=O) groups is 1. The molecule has 0 saturated carbocycles. The number of nitrogens with zero attached hydrogens (tertiary/aromatic N) is 1. The third-order valence-electron chi connectivity index (χ3n) is 3.19. The second-order valence-corrected chi connectivity index (χ2v) is 4.35. The summed E-state index contributed by atoms with van der Waals surface area (Å²) in [6.07, 6.45) is 1.22. The second-order valence-electron chi connectivity index (χ2n) is 4.35. The lowest BCUT2D eigenvalue weighted by Crippen LogP contribution is -2.58. The van der Waals surface area contributed by atoms with Crippen molar-refractivity contribution in [3.63, 3.8) is 0 Å². The molecule has 0 aromatic rings. The van der Waals surface area contributed by atoms with Crippen molar-refractivity contribution in [1.29, 1.82) is 0 Å². The van der Waals surface area contributed by atoms with Crippen LogP contribution in [0.15, 0.2) is 0 Å². The lowest BCUT2D eigenvalue weighted by Gasteiger charge is -2.36. The van der Waals surface area contributed by atoms with Gasteiger partial charge in [0, 0.05) is 32.9 Å². The SMILES string of the molecule is CCOCCN(CC)C(=O)C1(N)CCOCC1.Cl. The van der Waals surface area contributed by atoms with E-state index in [1.54, 1.807) is 4.90 Å². The molecule has 0 unspecified atom stereocenters. The van der Waals surface area contributed by atoms with Crippen LogP contribution in [0.5, 0.6) is 0 Å². The van der Waals surface area contributed by atoms with Gasteiger partial charge in [-0.3, -0.25) is 4.79 Å². The Morgan fingerprint density at radius 2 is 2.00 bits per heavy atom. The van der Waals surface area contributed by atoms with Gasteiger partial charge in [0.15, 0.2) is 0 Å². The number of nitrogens with two attached hydrogens (primary N) is 1. The first-order chi connectivity index (χ1) is 8.14. The van der Waals surface area contributed by atoms with E-state index in [1.807, 2.05) is 13.8 Å². The fourth-order valence-electron chi connectivity index (χ4n) is 1.99. The third kappa shape index (κ3) is 4.72. The first-order valence-electron chi connectivity index (χ1n) is 6.37. The van der Waals surface area contributed by atoms with Crippen molar-refractivity contribution in [2.75, 3.05) is 39.5 Å². The molecule has 0 aromatic carbocycles. The monoisotopic (exact) mass is 280 g/mol. The second kappa shape index (κ2) is 8.69. The number of likely N-dealkylation sites (N-methyl/N-ethyl adjacent to an activating group) is 1. The molecule has 1 saturated heterocycles. The summed E-state index contributed by atoms with van der Waals surface area (Å²) in [6, 6.07) is 0. The Labute approximate surface area is 115 Å². The van der Waals surface area contributed by atoms with Gasteiger partial charge in [0.25, 0.3) is 0 Å². The van der Waals surface area contributed by atoms with Crippen LogP contribution in [0.1, 0.15) is 26.7 Å². The van der Waals surface area contributed by atoms with Crippen molar-refractivity contribution < 1.29 is 14.3 Å². The Morgan fingerprint density at radius 3 is 2.50 bits per heavy atom. The Morgan fingerprint density at radius 1 is 1.39 bits per heavy atom. The molecular formula is C12H25ClN2O3. The maximum absolute atomic E-state index is 12.3. The molecule has 0 aliphatic carbocycles. The van der Waals surface area contributed by atoms with Crippen molar-refractivity contribution in [1.82, 2.24) is 4.90 Å². The molecule has 1 aliphatic heterocycles. The van der Waals surface area contributed by atoms with Gasteiger partial charge in [-0.25, -0.2) is 0 Å². The normalized spacial score (nSPS) is 17.9. The van der Waals surface area contributed by atoms with Crippen LogP contribution in [0.2, 0.25) is 0 Å². The number of halogens is 1. The average molecular weight is 281 g/mol. The Bertz CT molecular complexity index is 245. The molecule has 18 heavy (non-hydrogen) atoms. The predicted molar refractivity (Wildman–Crippen MR) is 73.0 cm³/mol. The maximum atomic E-state index is 12.3. The fraction of sp³-hybridized carbons (Fsp3) is 0.917. The van der Waals surface area contributed by atoms with Crippen molar-refractivity contribution in [2.24, 2.45) is 5.73 Å². The highest BCUT2D eigenvalue weighted by atomic mass is 35.5. The Hall–Kier alpha value is -0.360. The van der Waals surface area contributed by atoms with Crippen LogP contribution in [0, 0.1) is 0 Å². The van der Waals surface area contributed by atoms with Crippen LogP contribution >= 0.6 is 12.4 Å². The van der Waals surface area contributed by atoms with E-state index >= 15 is 0 Å². The highest BCUT2D eigenvalue weighted by Crippen LogP contribution is 2.20. The first-order valence-corrected chi connectivity index (χ1v) is 6.37.